The number of aromatic nitrogens is 1. The van der Waals surface area contributed by atoms with E-state index in [9.17, 15) is 9.59 Å². The Morgan fingerprint density at radius 1 is 1.45 bits per heavy atom. The van der Waals surface area contributed by atoms with Crippen molar-refractivity contribution in [3.8, 4) is 0 Å². The third-order valence-electron chi connectivity index (χ3n) is 3.57. The van der Waals surface area contributed by atoms with Gasteiger partial charge in [-0.25, -0.2) is 0 Å². The molecule has 0 aromatic carbocycles. The second-order valence-corrected chi connectivity index (χ2v) is 4.80. The third kappa shape index (κ3) is 2.09. The fraction of sp³-hybridized carbons (Fsp3) is 0.286. The van der Waals surface area contributed by atoms with Crippen LogP contribution in [-0.4, -0.2) is 40.9 Å². The van der Waals surface area contributed by atoms with Crippen LogP contribution < -0.4 is 5.32 Å². The number of carbonyl (C=O) groups is 2. The quantitative estimate of drug-likeness (QED) is 0.906. The molecule has 3 rings (SSSR count). The largest absolute Gasteiger partial charge is 0.459 e. The van der Waals surface area contributed by atoms with E-state index < -0.39 is 0 Å². The molecule has 2 amide bonds. The molecule has 1 aliphatic heterocycles. The molecule has 0 saturated heterocycles. The maximum Gasteiger partial charge on any atom is 0.287 e. The Kier molecular flexibility index (Phi) is 3.06. The van der Waals surface area contributed by atoms with Crippen LogP contribution in [-0.2, 0) is 6.54 Å². The number of furan rings is 1. The number of nitrogens with zero attached hydrogens (tertiary/aromatic N) is 2. The normalized spacial score (nSPS) is 17.9. The summed E-state index contributed by atoms with van der Waals surface area (Å²) in [4.78, 5) is 25.6. The fourth-order valence-corrected chi connectivity index (χ4v) is 2.37. The lowest BCUT2D eigenvalue weighted by molar-refractivity contribution is 0.0643. The van der Waals surface area contributed by atoms with Gasteiger partial charge in [0.15, 0.2) is 5.76 Å². The zero-order chi connectivity index (χ0) is 14.1. The molecule has 2 aromatic rings. The Hall–Kier alpha value is -2.50. The highest BCUT2D eigenvalue weighted by Crippen LogP contribution is 2.16. The summed E-state index contributed by atoms with van der Waals surface area (Å²) in [7, 11) is 1.75. The molecule has 0 bridgehead atoms. The molecular formula is C14H15N3O3. The molecular weight excluding hydrogens is 258 g/mol. The second kappa shape index (κ2) is 4.88. The van der Waals surface area contributed by atoms with E-state index in [4.69, 9.17) is 4.42 Å². The monoisotopic (exact) mass is 273 g/mol. The number of carbonyl (C=O) groups excluding carboxylic acids is 2. The van der Waals surface area contributed by atoms with E-state index in [0.717, 1.165) is 0 Å². The molecule has 0 saturated carbocycles. The number of nitrogens with one attached hydrogen (secondary N) is 1. The van der Waals surface area contributed by atoms with Crippen molar-refractivity contribution in [2.24, 2.45) is 0 Å². The Morgan fingerprint density at radius 3 is 3.05 bits per heavy atom. The summed E-state index contributed by atoms with van der Waals surface area (Å²) in [5.74, 6) is -0.0240. The van der Waals surface area contributed by atoms with Gasteiger partial charge in [-0.3, -0.25) is 9.59 Å². The number of likely N-dealkylation sites (N-methyl/N-ethyl adjacent to an activating group) is 1. The minimum Gasteiger partial charge on any atom is -0.459 e. The van der Waals surface area contributed by atoms with Crippen LogP contribution in [0.2, 0.25) is 0 Å². The Balaban J connectivity index is 1.67. The first kappa shape index (κ1) is 12.5. The summed E-state index contributed by atoms with van der Waals surface area (Å²) in [6.07, 6.45) is 3.33. The van der Waals surface area contributed by atoms with Crippen LogP contribution >= 0.6 is 0 Å². The molecule has 0 aliphatic carbocycles. The number of rotatable bonds is 3. The maximum absolute atomic E-state index is 12.1. The van der Waals surface area contributed by atoms with Crippen molar-refractivity contribution in [3.63, 3.8) is 0 Å². The molecule has 1 atom stereocenters. The predicted octanol–water partition coefficient (Wildman–Crippen LogP) is 0.965. The van der Waals surface area contributed by atoms with Gasteiger partial charge in [0.1, 0.15) is 5.69 Å². The van der Waals surface area contributed by atoms with Crippen LogP contribution in [0.3, 0.4) is 0 Å². The first-order valence-corrected chi connectivity index (χ1v) is 6.41. The lowest BCUT2D eigenvalue weighted by Gasteiger charge is -2.33. The van der Waals surface area contributed by atoms with Gasteiger partial charge in [-0.1, -0.05) is 0 Å². The average molecular weight is 273 g/mol. The van der Waals surface area contributed by atoms with Crippen molar-refractivity contribution in [1.29, 1.82) is 0 Å². The molecule has 6 heteroatoms. The smallest absolute Gasteiger partial charge is 0.287 e. The number of amides is 2. The molecule has 1 N–H and O–H groups in total. The van der Waals surface area contributed by atoms with Crippen LogP contribution in [0.1, 0.15) is 21.0 Å². The van der Waals surface area contributed by atoms with Crippen molar-refractivity contribution >= 4 is 11.8 Å². The van der Waals surface area contributed by atoms with Gasteiger partial charge in [-0.15, -0.1) is 0 Å². The van der Waals surface area contributed by atoms with Gasteiger partial charge in [-0.2, -0.15) is 0 Å². The minimum atomic E-state index is -0.269. The molecule has 20 heavy (non-hydrogen) atoms. The molecule has 1 aliphatic rings. The molecule has 0 radical (unpaired) electrons. The first-order chi connectivity index (χ1) is 9.66. The number of hydrogen-bond donors (Lipinski definition) is 1. The van der Waals surface area contributed by atoms with Gasteiger partial charge < -0.3 is 19.2 Å². The summed E-state index contributed by atoms with van der Waals surface area (Å²) < 4.78 is 6.94. The summed E-state index contributed by atoms with van der Waals surface area (Å²) >= 11 is 0. The number of hydrogen-bond acceptors (Lipinski definition) is 3. The Bertz CT molecular complexity index is 630. The van der Waals surface area contributed by atoms with Crippen LogP contribution in [0.5, 0.6) is 0 Å². The average Bonchev–Trinajstić information content (AvgIpc) is 3.11. The maximum atomic E-state index is 12.1. The third-order valence-corrected chi connectivity index (χ3v) is 3.57. The van der Waals surface area contributed by atoms with Crippen molar-refractivity contribution in [1.82, 2.24) is 14.8 Å². The Morgan fingerprint density at radius 2 is 2.30 bits per heavy atom. The van der Waals surface area contributed by atoms with E-state index in [1.807, 2.05) is 16.8 Å². The second-order valence-electron chi connectivity index (χ2n) is 4.80. The summed E-state index contributed by atoms with van der Waals surface area (Å²) in [6, 6.07) is 6.86. The molecule has 6 nitrogen and oxygen atoms in total. The minimum absolute atomic E-state index is 0.0292. The van der Waals surface area contributed by atoms with E-state index in [2.05, 4.69) is 5.32 Å². The van der Waals surface area contributed by atoms with E-state index in [1.165, 1.54) is 6.26 Å². The van der Waals surface area contributed by atoms with Crippen molar-refractivity contribution < 1.29 is 14.0 Å². The fourth-order valence-electron chi connectivity index (χ4n) is 2.37. The van der Waals surface area contributed by atoms with Gasteiger partial charge >= 0.3 is 0 Å². The zero-order valence-corrected chi connectivity index (χ0v) is 11.1. The highest BCUT2D eigenvalue weighted by molar-refractivity contribution is 5.94. The highest BCUT2D eigenvalue weighted by atomic mass is 16.3. The molecule has 0 spiro atoms. The lowest BCUT2D eigenvalue weighted by Crippen LogP contribution is -2.50. The van der Waals surface area contributed by atoms with Gasteiger partial charge in [0, 0.05) is 26.3 Å². The van der Waals surface area contributed by atoms with Gasteiger partial charge in [-0.05, 0) is 24.3 Å². The van der Waals surface area contributed by atoms with Crippen molar-refractivity contribution in [3.05, 3.63) is 48.2 Å². The zero-order valence-electron chi connectivity index (χ0n) is 11.1. The predicted molar refractivity (Wildman–Crippen MR) is 71.4 cm³/mol. The summed E-state index contributed by atoms with van der Waals surface area (Å²) in [5.41, 5.74) is 0.682. The van der Waals surface area contributed by atoms with Crippen molar-refractivity contribution in [2.75, 3.05) is 13.6 Å². The van der Waals surface area contributed by atoms with Gasteiger partial charge in [0.2, 0.25) is 0 Å². The molecule has 2 aromatic heterocycles. The highest BCUT2D eigenvalue weighted by Gasteiger charge is 2.29. The van der Waals surface area contributed by atoms with Gasteiger partial charge in [0.05, 0.1) is 12.3 Å². The Labute approximate surface area is 116 Å². The molecule has 104 valence electrons. The summed E-state index contributed by atoms with van der Waals surface area (Å²) in [6.45, 7) is 1.06. The van der Waals surface area contributed by atoms with Gasteiger partial charge in [0.25, 0.3) is 11.8 Å². The van der Waals surface area contributed by atoms with E-state index >= 15 is 0 Å². The molecule has 3 heterocycles. The SMILES string of the molecule is CN1C(=O)c2cccn2CC1CNC(=O)c1ccco1. The molecule has 1 unspecified atom stereocenters. The summed E-state index contributed by atoms with van der Waals surface area (Å²) in [5, 5.41) is 2.79. The topological polar surface area (TPSA) is 67.5 Å². The standard InChI is InChI=1S/C14H15N3O3/c1-16-10(8-15-13(18)12-5-3-7-20-12)9-17-6-2-4-11(17)14(16)19/h2-7,10H,8-9H2,1H3,(H,15,18). The van der Waals surface area contributed by atoms with Crippen LogP contribution in [0.25, 0.3) is 0 Å². The van der Waals surface area contributed by atoms with E-state index in [0.29, 0.717) is 18.8 Å². The van der Waals surface area contributed by atoms with Crippen LogP contribution in [0.4, 0.5) is 0 Å². The van der Waals surface area contributed by atoms with Crippen molar-refractivity contribution in [2.45, 2.75) is 12.6 Å². The first-order valence-electron chi connectivity index (χ1n) is 6.41. The van der Waals surface area contributed by atoms with E-state index in [-0.39, 0.29) is 23.6 Å². The van der Waals surface area contributed by atoms with Crippen LogP contribution in [0, 0.1) is 0 Å². The number of fused-ring (bicyclic) bond motifs is 1. The lowest BCUT2D eigenvalue weighted by atomic mass is 10.1. The van der Waals surface area contributed by atoms with Crippen LogP contribution in [0.15, 0.2) is 41.1 Å². The van der Waals surface area contributed by atoms with E-state index in [1.54, 1.807) is 30.1 Å². The molecule has 0 fully saturated rings.